The van der Waals surface area contributed by atoms with Gasteiger partial charge in [-0.25, -0.2) is 0 Å². The molecular weight excluding hydrogens is 316 g/mol. The maximum Gasteiger partial charge on any atom is 0.167 e. The summed E-state index contributed by atoms with van der Waals surface area (Å²) in [5.41, 5.74) is -1.91. The molecule has 0 aromatic rings. The maximum atomic E-state index is 12.7. The molecule has 1 unspecified atom stereocenters. The van der Waals surface area contributed by atoms with E-state index in [1.165, 1.54) is 0 Å². The molecule has 0 spiro atoms. The van der Waals surface area contributed by atoms with E-state index >= 15 is 0 Å². The Morgan fingerprint density at radius 3 is 2.44 bits per heavy atom. The van der Waals surface area contributed by atoms with Crippen molar-refractivity contribution >= 4 is 11.6 Å². The molecular formula is C21H32O4. The van der Waals surface area contributed by atoms with Crippen LogP contribution < -0.4 is 0 Å². The van der Waals surface area contributed by atoms with Crippen molar-refractivity contribution in [1.29, 1.82) is 0 Å². The largest absolute Gasteiger partial charge is 0.390 e. The number of hydrogen-bond acceptors (Lipinski definition) is 4. The van der Waals surface area contributed by atoms with E-state index in [2.05, 4.69) is 6.92 Å². The van der Waals surface area contributed by atoms with E-state index in [0.717, 1.165) is 38.5 Å². The first-order valence-corrected chi connectivity index (χ1v) is 10.1. The Labute approximate surface area is 150 Å². The Hall–Kier alpha value is -0.740. The molecule has 0 aromatic heterocycles. The van der Waals surface area contributed by atoms with E-state index in [9.17, 15) is 19.8 Å². The van der Waals surface area contributed by atoms with Crippen molar-refractivity contribution in [2.24, 2.45) is 34.5 Å². The fraction of sp³-hybridized carbons (Fsp3) is 0.905. The molecule has 8 atom stereocenters. The minimum atomic E-state index is -1.59. The molecule has 4 aliphatic rings. The van der Waals surface area contributed by atoms with E-state index in [0.29, 0.717) is 36.4 Å². The lowest BCUT2D eigenvalue weighted by Gasteiger charge is -2.60. The Kier molecular flexibility index (Phi) is 3.81. The van der Waals surface area contributed by atoms with Crippen molar-refractivity contribution in [3.63, 3.8) is 0 Å². The monoisotopic (exact) mass is 348 g/mol. The minimum absolute atomic E-state index is 0.161. The second-order valence-corrected chi connectivity index (χ2v) is 9.93. The zero-order chi connectivity index (χ0) is 18.2. The normalized spacial score (nSPS) is 53.8. The van der Waals surface area contributed by atoms with Crippen molar-refractivity contribution in [3.8, 4) is 0 Å². The summed E-state index contributed by atoms with van der Waals surface area (Å²) in [5, 5.41) is 21.4. The van der Waals surface area contributed by atoms with Crippen molar-refractivity contribution in [1.82, 2.24) is 0 Å². The molecule has 0 saturated heterocycles. The highest BCUT2D eigenvalue weighted by Crippen LogP contribution is 2.67. The lowest BCUT2D eigenvalue weighted by Crippen LogP contribution is -2.60. The van der Waals surface area contributed by atoms with Gasteiger partial charge in [0, 0.05) is 24.7 Å². The number of Topliss-reactive ketones (excluding diaryl/α,β-unsaturated/α-hetero) is 2. The van der Waals surface area contributed by atoms with Crippen LogP contribution in [0.2, 0.25) is 0 Å². The average Bonchev–Trinajstić information content (AvgIpc) is 2.77. The van der Waals surface area contributed by atoms with Gasteiger partial charge in [-0.15, -0.1) is 0 Å². The molecule has 4 fully saturated rings. The van der Waals surface area contributed by atoms with Crippen LogP contribution in [0.5, 0.6) is 0 Å². The predicted molar refractivity (Wildman–Crippen MR) is 93.8 cm³/mol. The van der Waals surface area contributed by atoms with Gasteiger partial charge in [0.05, 0.1) is 6.10 Å². The lowest BCUT2D eigenvalue weighted by atomic mass is 9.44. The highest BCUT2D eigenvalue weighted by atomic mass is 16.4. The number of aliphatic hydroxyl groups is 2. The van der Waals surface area contributed by atoms with E-state index in [1.54, 1.807) is 6.92 Å². The topological polar surface area (TPSA) is 74.6 Å². The molecule has 140 valence electrons. The number of carbonyl (C=O) groups excluding carboxylic acids is 2. The summed E-state index contributed by atoms with van der Waals surface area (Å²) in [7, 11) is 0. The predicted octanol–water partition coefficient (Wildman–Crippen LogP) is 2.89. The number of carbonyl (C=O) groups is 2. The molecule has 0 bridgehead atoms. The zero-order valence-electron chi connectivity index (χ0n) is 15.8. The molecule has 25 heavy (non-hydrogen) atoms. The highest BCUT2D eigenvalue weighted by molar-refractivity contribution is 5.91. The van der Waals surface area contributed by atoms with Gasteiger partial charge in [-0.3, -0.25) is 9.59 Å². The molecule has 0 radical (unpaired) electrons. The summed E-state index contributed by atoms with van der Waals surface area (Å²) in [6, 6.07) is 0. The number of rotatable bonds is 1. The average molecular weight is 348 g/mol. The molecule has 0 heterocycles. The molecule has 4 nitrogen and oxygen atoms in total. The fourth-order valence-corrected chi connectivity index (χ4v) is 7.60. The SMILES string of the molecule is C[C@@H](O)[C@@]1(O)C(=O)C[C@H]2C3CC[C@H]4CC(=O)CC[C@]4(C)[C@H]3CC[C@@]21C. The Morgan fingerprint density at radius 1 is 1.04 bits per heavy atom. The number of hydrogen-bond donors (Lipinski definition) is 2. The van der Waals surface area contributed by atoms with Gasteiger partial charge >= 0.3 is 0 Å². The first-order valence-electron chi connectivity index (χ1n) is 10.1. The zero-order valence-corrected chi connectivity index (χ0v) is 15.8. The molecule has 4 saturated carbocycles. The van der Waals surface area contributed by atoms with E-state index in [4.69, 9.17) is 0 Å². The molecule has 0 aromatic carbocycles. The van der Waals surface area contributed by atoms with Crippen molar-refractivity contribution in [2.45, 2.75) is 83.8 Å². The van der Waals surface area contributed by atoms with Gasteiger partial charge in [0.25, 0.3) is 0 Å². The summed E-state index contributed by atoms with van der Waals surface area (Å²) in [6.45, 7) is 5.97. The quantitative estimate of drug-likeness (QED) is 0.764. The van der Waals surface area contributed by atoms with E-state index in [1.807, 2.05) is 6.92 Å². The van der Waals surface area contributed by atoms with E-state index < -0.39 is 17.1 Å². The minimum Gasteiger partial charge on any atom is -0.390 e. The molecule has 4 heteroatoms. The van der Waals surface area contributed by atoms with Gasteiger partial charge in [0.15, 0.2) is 11.4 Å². The second kappa shape index (κ2) is 5.39. The first kappa shape index (κ1) is 17.7. The van der Waals surface area contributed by atoms with Gasteiger partial charge in [-0.2, -0.15) is 0 Å². The summed E-state index contributed by atoms with van der Waals surface area (Å²) in [6.07, 6.45) is 5.72. The summed E-state index contributed by atoms with van der Waals surface area (Å²) in [4.78, 5) is 24.7. The van der Waals surface area contributed by atoms with Gasteiger partial charge in [-0.05, 0) is 68.1 Å². The van der Waals surface area contributed by atoms with Crippen LogP contribution in [0.4, 0.5) is 0 Å². The van der Waals surface area contributed by atoms with Crippen LogP contribution in [-0.2, 0) is 9.59 Å². The Bertz CT molecular complexity index is 613. The van der Waals surface area contributed by atoms with Gasteiger partial charge in [0.1, 0.15) is 5.78 Å². The molecule has 4 rings (SSSR count). The summed E-state index contributed by atoms with van der Waals surface area (Å²) >= 11 is 0. The number of fused-ring (bicyclic) bond motifs is 5. The van der Waals surface area contributed by atoms with Gasteiger partial charge in [-0.1, -0.05) is 13.8 Å². The number of ketones is 2. The van der Waals surface area contributed by atoms with Gasteiger partial charge < -0.3 is 10.2 Å². The van der Waals surface area contributed by atoms with Crippen molar-refractivity contribution < 1.29 is 19.8 Å². The molecule has 2 N–H and O–H groups in total. The molecule has 0 aliphatic heterocycles. The Balaban J connectivity index is 1.68. The van der Waals surface area contributed by atoms with Crippen LogP contribution in [0.1, 0.15) is 72.1 Å². The maximum absolute atomic E-state index is 12.7. The van der Waals surface area contributed by atoms with Crippen molar-refractivity contribution in [3.05, 3.63) is 0 Å². The fourth-order valence-electron chi connectivity index (χ4n) is 7.60. The molecule has 4 aliphatic carbocycles. The lowest BCUT2D eigenvalue weighted by molar-refractivity contribution is -0.187. The third-order valence-electron chi connectivity index (χ3n) is 9.18. The van der Waals surface area contributed by atoms with Crippen molar-refractivity contribution in [2.75, 3.05) is 0 Å². The molecule has 0 amide bonds. The number of aliphatic hydroxyl groups excluding tert-OH is 1. The van der Waals surface area contributed by atoms with Crippen LogP contribution in [0.25, 0.3) is 0 Å². The third kappa shape index (κ3) is 2.07. The van der Waals surface area contributed by atoms with E-state index in [-0.39, 0.29) is 17.1 Å². The second-order valence-electron chi connectivity index (χ2n) is 9.93. The smallest absolute Gasteiger partial charge is 0.167 e. The first-order chi connectivity index (χ1) is 11.6. The van der Waals surface area contributed by atoms with Crippen LogP contribution in [0.15, 0.2) is 0 Å². The summed E-state index contributed by atoms with van der Waals surface area (Å²) < 4.78 is 0. The standard InChI is InChI=1S/C21H32O4/c1-12(22)21(25)18(24)11-17-15-5-4-13-10-14(23)6-8-19(13,2)16(15)7-9-20(17,21)3/h12-13,15-17,22,25H,4-11H2,1-3H3/t12-,13+,15?,16+,17+,19+,20+,21-/m1/s1. The van der Waals surface area contributed by atoms with Crippen LogP contribution in [0, 0.1) is 34.5 Å². The summed E-state index contributed by atoms with van der Waals surface area (Å²) in [5.74, 6) is 1.88. The van der Waals surface area contributed by atoms with Crippen LogP contribution in [0.3, 0.4) is 0 Å². The van der Waals surface area contributed by atoms with Crippen LogP contribution >= 0.6 is 0 Å². The van der Waals surface area contributed by atoms with Crippen LogP contribution in [-0.4, -0.2) is 33.5 Å². The highest BCUT2D eigenvalue weighted by Gasteiger charge is 2.69. The van der Waals surface area contributed by atoms with Gasteiger partial charge in [0.2, 0.25) is 0 Å². The third-order valence-corrected chi connectivity index (χ3v) is 9.18. The Morgan fingerprint density at radius 2 is 1.76 bits per heavy atom.